The zero-order valence-corrected chi connectivity index (χ0v) is 9.14. The number of hydrogen-bond acceptors (Lipinski definition) is 4. The fourth-order valence-electron chi connectivity index (χ4n) is 1.96. The third-order valence-corrected chi connectivity index (χ3v) is 2.78. The summed E-state index contributed by atoms with van der Waals surface area (Å²) in [7, 11) is 0. The Morgan fingerprint density at radius 2 is 2.62 bits per heavy atom. The van der Waals surface area contributed by atoms with Gasteiger partial charge in [0.25, 0.3) is 0 Å². The molecule has 0 radical (unpaired) electrons. The minimum absolute atomic E-state index is 0.0342. The lowest BCUT2D eigenvalue weighted by Gasteiger charge is -2.33. The number of aromatic nitrogens is 2. The van der Waals surface area contributed by atoms with Crippen molar-refractivity contribution in [1.82, 2.24) is 15.1 Å². The highest BCUT2D eigenvalue weighted by molar-refractivity contribution is 5.69. The Morgan fingerprint density at radius 3 is 3.25 bits per heavy atom. The van der Waals surface area contributed by atoms with Crippen LogP contribution in [-0.2, 0) is 9.53 Å². The molecule has 16 heavy (non-hydrogen) atoms. The van der Waals surface area contributed by atoms with E-state index >= 15 is 0 Å². The first kappa shape index (κ1) is 11.1. The van der Waals surface area contributed by atoms with Gasteiger partial charge >= 0.3 is 5.97 Å². The molecule has 1 aromatic heterocycles. The maximum absolute atomic E-state index is 10.8. The fourth-order valence-corrected chi connectivity index (χ4v) is 1.96. The van der Waals surface area contributed by atoms with Crippen LogP contribution in [0.15, 0.2) is 6.20 Å². The average molecular weight is 225 g/mol. The van der Waals surface area contributed by atoms with E-state index in [1.54, 1.807) is 6.20 Å². The SMILES string of the molecule is Cc1cn[nH]c1[C@@H]1COCCN1CC(=O)O. The summed E-state index contributed by atoms with van der Waals surface area (Å²) in [6.07, 6.45) is 1.74. The molecule has 1 atom stereocenters. The average Bonchev–Trinajstić information content (AvgIpc) is 2.64. The van der Waals surface area contributed by atoms with Crippen molar-refractivity contribution >= 4 is 5.97 Å². The van der Waals surface area contributed by atoms with Crippen molar-refractivity contribution in [2.75, 3.05) is 26.3 Å². The van der Waals surface area contributed by atoms with E-state index in [2.05, 4.69) is 10.2 Å². The summed E-state index contributed by atoms with van der Waals surface area (Å²) in [5.74, 6) is -0.816. The van der Waals surface area contributed by atoms with Crippen molar-refractivity contribution in [3.8, 4) is 0 Å². The van der Waals surface area contributed by atoms with Crippen LogP contribution in [0.25, 0.3) is 0 Å². The maximum atomic E-state index is 10.8. The molecule has 1 aliphatic rings. The number of aromatic amines is 1. The van der Waals surface area contributed by atoms with E-state index in [1.807, 2.05) is 11.8 Å². The number of ether oxygens (including phenoxy) is 1. The van der Waals surface area contributed by atoms with Crippen molar-refractivity contribution in [3.05, 3.63) is 17.5 Å². The molecule has 1 aliphatic heterocycles. The van der Waals surface area contributed by atoms with Crippen molar-refractivity contribution in [1.29, 1.82) is 0 Å². The van der Waals surface area contributed by atoms with Crippen LogP contribution in [0, 0.1) is 6.92 Å². The van der Waals surface area contributed by atoms with Crippen LogP contribution < -0.4 is 0 Å². The van der Waals surface area contributed by atoms with Crippen LogP contribution in [0.1, 0.15) is 17.3 Å². The Morgan fingerprint density at radius 1 is 1.81 bits per heavy atom. The first-order valence-corrected chi connectivity index (χ1v) is 5.22. The molecule has 0 aliphatic carbocycles. The second-order valence-corrected chi connectivity index (χ2v) is 3.92. The summed E-state index contributed by atoms with van der Waals surface area (Å²) in [5, 5.41) is 15.7. The highest BCUT2D eigenvalue weighted by Gasteiger charge is 2.28. The molecule has 0 spiro atoms. The van der Waals surface area contributed by atoms with E-state index in [-0.39, 0.29) is 12.6 Å². The first-order valence-electron chi connectivity index (χ1n) is 5.22. The van der Waals surface area contributed by atoms with Crippen molar-refractivity contribution in [3.63, 3.8) is 0 Å². The fraction of sp³-hybridized carbons (Fsp3) is 0.600. The van der Waals surface area contributed by atoms with E-state index in [0.29, 0.717) is 19.8 Å². The number of carboxylic acids is 1. The largest absolute Gasteiger partial charge is 0.480 e. The number of hydrogen-bond donors (Lipinski definition) is 2. The molecule has 2 heterocycles. The van der Waals surface area contributed by atoms with E-state index in [4.69, 9.17) is 9.84 Å². The molecule has 6 nitrogen and oxygen atoms in total. The van der Waals surface area contributed by atoms with Gasteiger partial charge in [-0.1, -0.05) is 0 Å². The Bertz CT molecular complexity index is 377. The summed E-state index contributed by atoms with van der Waals surface area (Å²) in [6.45, 7) is 3.71. The Hall–Kier alpha value is -1.40. The Balaban J connectivity index is 2.16. The van der Waals surface area contributed by atoms with Crippen LogP contribution in [0.4, 0.5) is 0 Å². The van der Waals surface area contributed by atoms with Crippen LogP contribution in [-0.4, -0.2) is 52.5 Å². The standard InChI is InChI=1S/C10H15N3O3/c1-7-4-11-12-10(7)8-6-16-3-2-13(8)5-9(14)15/h4,8H,2-3,5-6H2,1H3,(H,11,12)(H,14,15)/t8-/m0/s1. The molecule has 0 aromatic carbocycles. The van der Waals surface area contributed by atoms with Gasteiger partial charge in [0, 0.05) is 6.54 Å². The predicted octanol–water partition coefficient (Wildman–Crippen LogP) is 0.176. The minimum Gasteiger partial charge on any atom is -0.480 e. The number of H-pyrrole nitrogens is 1. The minimum atomic E-state index is -0.816. The third-order valence-electron chi connectivity index (χ3n) is 2.78. The van der Waals surface area contributed by atoms with Gasteiger partial charge in [-0.15, -0.1) is 0 Å². The number of carboxylic acid groups (broad SMARTS) is 1. The van der Waals surface area contributed by atoms with Crippen LogP contribution in [0.2, 0.25) is 0 Å². The molecule has 1 saturated heterocycles. The number of carbonyl (C=O) groups is 1. The molecule has 2 N–H and O–H groups in total. The van der Waals surface area contributed by atoms with Gasteiger partial charge in [-0.2, -0.15) is 5.10 Å². The second kappa shape index (κ2) is 4.63. The molecular formula is C10H15N3O3. The molecule has 0 bridgehead atoms. The van der Waals surface area contributed by atoms with Gasteiger partial charge in [0.05, 0.1) is 37.7 Å². The van der Waals surface area contributed by atoms with E-state index < -0.39 is 5.97 Å². The van der Waals surface area contributed by atoms with Crippen molar-refractivity contribution in [2.45, 2.75) is 13.0 Å². The summed E-state index contributed by atoms with van der Waals surface area (Å²) in [6, 6.07) is -0.0349. The van der Waals surface area contributed by atoms with Gasteiger partial charge in [-0.05, 0) is 12.5 Å². The number of nitrogens with zero attached hydrogens (tertiary/aromatic N) is 2. The summed E-state index contributed by atoms with van der Waals surface area (Å²) in [5.41, 5.74) is 1.98. The van der Waals surface area contributed by atoms with E-state index in [1.165, 1.54) is 0 Å². The highest BCUT2D eigenvalue weighted by atomic mass is 16.5. The number of nitrogens with one attached hydrogen (secondary N) is 1. The molecule has 0 unspecified atom stereocenters. The third kappa shape index (κ3) is 2.23. The van der Waals surface area contributed by atoms with Crippen molar-refractivity contribution < 1.29 is 14.6 Å². The lowest BCUT2D eigenvalue weighted by atomic mass is 10.1. The lowest BCUT2D eigenvalue weighted by Crippen LogP contribution is -2.42. The normalized spacial score (nSPS) is 22.2. The Labute approximate surface area is 93.2 Å². The molecule has 0 saturated carbocycles. The molecule has 1 fully saturated rings. The van der Waals surface area contributed by atoms with Gasteiger partial charge in [-0.3, -0.25) is 14.8 Å². The first-order chi connectivity index (χ1) is 7.68. The van der Waals surface area contributed by atoms with Gasteiger partial charge in [-0.25, -0.2) is 0 Å². The van der Waals surface area contributed by atoms with Gasteiger partial charge in [0.1, 0.15) is 0 Å². The highest BCUT2D eigenvalue weighted by Crippen LogP contribution is 2.24. The van der Waals surface area contributed by atoms with Gasteiger partial charge < -0.3 is 9.84 Å². The summed E-state index contributed by atoms with van der Waals surface area (Å²) < 4.78 is 5.39. The van der Waals surface area contributed by atoms with Crippen LogP contribution in [0.5, 0.6) is 0 Å². The van der Waals surface area contributed by atoms with E-state index in [9.17, 15) is 4.79 Å². The maximum Gasteiger partial charge on any atom is 0.317 e. The molecule has 6 heteroatoms. The predicted molar refractivity (Wildman–Crippen MR) is 56.1 cm³/mol. The quantitative estimate of drug-likeness (QED) is 0.767. The van der Waals surface area contributed by atoms with Crippen LogP contribution in [0.3, 0.4) is 0 Å². The molecule has 0 amide bonds. The number of rotatable bonds is 3. The zero-order chi connectivity index (χ0) is 11.5. The van der Waals surface area contributed by atoms with Gasteiger partial charge in [0.15, 0.2) is 0 Å². The number of aliphatic carboxylic acids is 1. The Kier molecular flexibility index (Phi) is 3.21. The van der Waals surface area contributed by atoms with E-state index in [0.717, 1.165) is 11.3 Å². The molecule has 2 rings (SSSR count). The molecule has 1 aromatic rings. The van der Waals surface area contributed by atoms with Crippen LogP contribution >= 0.6 is 0 Å². The number of aryl methyl sites for hydroxylation is 1. The second-order valence-electron chi connectivity index (χ2n) is 3.92. The molecule has 88 valence electrons. The van der Waals surface area contributed by atoms with Crippen molar-refractivity contribution in [2.24, 2.45) is 0 Å². The summed E-state index contributed by atoms with van der Waals surface area (Å²) >= 11 is 0. The zero-order valence-electron chi connectivity index (χ0n) is 9.14. The lowest BCUT2D eigenvalue weighted by molar-refractivity contribution is -0.140. The van der Waals surface area contributed by atoms with Gasteiger partial charge in [0.2, 0.25) is 0 Å². The smallest absolute Gasteiger partial charge is 0.317 e. The topological polar surface area (TPSA) is 78.5 Å². The molecular weight excluding hydrogens is 210 g/mol. The number of morpholine rings is 1. The summed E-state index contributed by atoms with van der Waals surface area (Å²) in [4.78, 5) is 12.7. The monoisotopic (exact) mass is 225 g/mol.